The molecule has 17 heavy (non-hydrogen) atoms. The fourth-order valence-electron chi connectivity index (χ4n) is 1.93. The number of aromatic hydroxyl groups is 1. The molecule has 4 heteroatoms. The van der Waals surface area contributed by atoms with E-state index in [0.717, 1.165) is 22.7 Å². The molecule has 3 aromatic rings. The van der Waals surface area contributed by atoms with Gasteiger partial charge in [-0.1, -0.05) is 18.2 Å². The van der Waals surface area contributed by atoms with Crippen LogP contribution in [0.1, 0.15) is 5.69 Å². The van der Waals surface area contributed by atoms with Gasteiger partial charge in [-0.15, -0.1) is 10.2 Å². The highest BCUT2D eigenvalue weighted by molar-refractivity contribution is 5.61. The van der Waals surface area contributed by atoms with Gasteiger partial charge in [-0.05, 0) is 31.2 Å². The Morgan fingerprint density at radius 2 is 1.88 bits per heavy atom. The maximum atomic E-state index is 9.50. The number of phenols is 1. The van der Waals surface area contributed by atoms with E-state index in [1.54, 1.807) is 18.2 Å². The lowest BCUT2D eigenvalue weighted by Gasteiger charge is -2.03. The van der Waals surface area contributed by atoms with E-state index in [4.69, 9.17) is 0 Å². The third kappa shape index (κ3) is 1.54. The van der Waals surface area contributed by atoms with Crippen molar-refractivity contribution >= 4 is 5.65 Å². The van der Waals surface area contributed by atoms with Crippen LogP contribution in [0.25, 0.3) is 17.0 Å². The number of benzene rings is 1. The third-order valence-electron chi connectivity index (χ3n) is 2.73. The van der Waals surface area contributed by atoms with Gasteiger partial charge in [0.05, 0.1) is 0 Å². The van der Waals surface area contributed by atoms with E-state index < -0.39 is 0 Å². The van der Waals surface area contributed by atoms with Gasteiger partial charge in [0.2, 0.25) is 0 Å². The summed E-state index contributed by atoms with van der Waals surface area (Å²) in [4.78, 5) is 0. The average molecular weight is 225 g/mol. The average Bonchev–Trinajstić information content (AvgIpc) is 2.74. The summed E-state index contributed by atoms with van der Waals surface area (Å²) in [6, 6.07) is 12.9. The topological polar surface area (TPSA) is 50.4 Å². The molecule has 1 N–H and O–H groups in total. The fraction of sp³-hybridized carbons (Fsp3) is 0.0769. The van der Waals surface area contributed by atoms with Gasteiger partial charge >= 0.3 is 0 Å². The molecule has 0 atom stereocenters. The highest BCUT2D eigenvalue weighted by atomic mass is 16.3. The number of fused-ring (bicyclic) bond motifs is 1. The van der Waals surface area contributed by atoms with E-state index in [9.17, 15) is 5.11 Å². The predicted molar refractivity (Wildman–Crippen MR) is 64.8 cm³/mol. The smallest absolute Gasteiger partial charge is 0.168 e. The van der Waals surface area contributed by atoms with Crippen LogP contribution in [-0.2, 0) is 0 Å². The minimum absolute atomic E-state index is 0.229. The molecule has 0 saturated carbocycles. The predicted octanol–water partition coefficient (Wildman–Crippen LogP) is 2.41. The number of hydrogen-bond donors (Lipinski definition) is 1. The fourth-order valence-corrected chi connectivity index (χ4v) is 1.93. The van der Waals surface area contributed by atoms with Crippen LogP contribution >= 0.6 is 0 Å². The van der Waals surface area contributed by atoms with Crippen molar-refractivity contribution in [1.82, 2.24) is 14.6 Å². The molecule has 84 valence electrons. The molecule has 0 amide bonds. The van der Waals surface area contributed by atoms with Crippen molar-refractivity contribution in [2.24, 2.45) is 0 Å². The van der Waals surface area contributed by atoms with Gasteiger partial charge < -0.3 is 5.11 Å². The standard InChI is InChI=1S/C13H11N3O/c1-9-4-2-7-12-14-15-13(16(9)12)10-5-3-6-11(17)8-10/h2-8,17H,1H3. The minimum atomic E-state index is 0.229. The van der Waals surface area contributed by atoms with Crippen molar-refractivity contribution in [2.75, 3.05) is 0 Å². The molecular formula is C13H11N3O. The van der Waals surface area contributed by atoms with E-state index in [1.807, 2.05) is 35.6 Å². The van der Waals surface area contributed by atoms with Gasteiger partial charge in [0.1, 0.15) is 5.75 Å². The van der Waals surface area contributed by atoms with Crippen LogP contribution in [0.3, 0.4) is 0 Å². The molecule has 0 aliphatic heterocycles. The Balaban J connectivity index is 2.31. The van der Waals surface area contributed by atoms with Crippen molar-refractivity contribution < 1.29 is 5.11 Å². The van der Waals surface area contributed by atoms with Gasteiger partial charge in [0.15, 0.2) is 11.5 Å². The van der Waals surface area contributed by atoms with Crippen LogP contribution in [0.5, 0.6) is 5.75 Å². The summed E-state index contributed by atoms with van der Waals surface area (Å²) in [5.74, 6) is 0.974. The van der Waals surface area contributed by atoms with Crippen LogP contribution in [0, 0.1) is 6.92 Å². The molecule has 0 unspecified atom stereocenters. The Kier molecular flexibility index (Phi) is 2.08. The maximum Gasteiger partial charge on any atom is 0.168 e. The zero-order valence-electron chi connectivity index (χ0n) is 9.33. The highest BCUT2D eigenvalue weighted by Gasteiger charge is 2.09. The van der Waals surface area contributed by atoms with Gasteiger partial charge in [0, 0.05) is 11.3 Å². The Hall–Kier alpha value is -2.36. The maximum absolute atomic E-state index is 9.50. The zero-order chi connectivity index (χ0) is 11.8. The first-order valence-corrected chi connectivity index (χ1v) is 5.36. The number of hydrogen-bond acceptors (Lipinski definition) is 3. The molecule has 0 fully saturated rings. The zero-order valence-corrected chi connectivity index (χ0v) is 9.33. The van der Waals surface area contributed by atoms with Gasteiger partial charge in [-0.25, -0.2) is 0 Å². The minimum Gasteiger partial charge on any atom is -0.508 e. The summed E-state index contributed by atoms with van der Waals surface area (Å²) in [5, 5.41) is 17.8. The number of nitrogens with zero attached hydrogens (tertiary/aromatic N) is 3. The first-order valence-electron chi connectivity index (χ1n) is 5.36. The van der Waals surface area contributed by atoms with Crippen LogP contribution in [0.15, 0.2) is 42.5 Å². The Labute approximate surface area is 98.2 Å². The second-order valence-electron chi connectivity index (χ2n) is 3.93. The number of rotatable bonds is 1. The Morgan fingerprint density at radius 3 is 2.71 bits per heavy atom. The molecule has 0 aliphatic rings. The molecule has 0 aliphatic carbocycles. The van der Waals surface area contributed by atoms with E-state index in [2.05, 4.69) is 10.2 Å². The third-order valence-corrected chi connectivity index (χ3v) is 2.73. The first kappa shape index (κ1) is 9.84. The Bertz CT molecular complexity index is 688. The number of phenolic OH excluding ortho intramolecular Hbond substituents is 1. The van der Waals surface area contributed by atoms with Crippen LogP contribution < -0.4 is 0 Å². The second kappa shape index (κ2) is 3.59. The summed E-state index contributed by atoms with van der Waals surface area (Å²) in [5.41, 5.74) is 2.72. The quantitative estimate of drug-likeness (QED) is 0.691. The molecule has 0 bridgehead atoms. The second-order valence-corrected chi connectivity index (χ2v) is 3.93. The molecule has 4 nitrogen and oxygen atoms in total. The van der Waals surface area contributed by atoms with Gasteiger partial charge in [-0.3, -0.25) is 4.40 Å². The van der Waals surface area contributed by atoms with Crippen LogP contribution in [-0.4, -0.2) is 19.7 Å². The molecule has 2 heterocycles. The lowest BCUT2D eigenvalue weighted by molar-refractivity contribution is 0.475. The van der Waals surface area contributed by atoms with E-state index in [-0.39, 0.29) is 5.75 Å². The van der Waals surface area contributed by atoms with Gasteiger partial charge in [0.25, 0.3) is 0 Å². The van der Waals surface area contributed by atoms with Crippen molar-refractivity contribution in [3.63, 3.8) is 0 Å². The van der Waals surface area contributed by atoms with Crippen LogP contribution in [0.4, 0.5) is 0 Å². The van der Waals surface area contributed by atoms with Gasteiger partial charge in [-0.2, -0.15) is 0 Å². The number of pyridine rings is 1. The largest absolute Gasteiger partial charge is 0.508 e. The molecule has 0 saturated heterocycles. The summed E-state index contributed by atoms with van der Waals surface area (Å²) in [6.07, 6.45) is 0. The summed E-state index contributed by atoms with van der Waals surface area (Å²) in [7, 11) is 0. The molecular weight excluding hydrogens is 214 g/mol. The molecule has 3 rings (SSSR count). The Morgan fingerprint density at radius 1 is 1.06 bits per heavy atom. The van der Waals surface area contributed by atoms with E-state index in [0.29, 0.717) is 0 Å². The summed E-state index contributed by atoms with van der Waals surface area (Å²) in [6.45, 7) is 2.00. The number of aromatic nitrogens is 3. The van der Waals surface area contributed by atoms with Crippen molar-refractivity contribution in [3.05, 3.63) is 48.2 Å². The molecule has 2 aromatic heterocycles. The lowest BCUT2D eigenvalue weighted by Crippen LogP contribution is -1.93. The summed E-state index contributed by atoms with van der Waals surface area (Å²) >= 11 is 0. The molecule has 1 aromatic carbocycles. The normalized spacial score (nSPS) is 10.9. The molecule has 0 radical (unpaired) electrons. The van der Waals surface area contributed by atoms with E-state index in [1.165, 1.54) is 0 Å². The van der Waals surface area contributed by atoms with Crippen LogP contribution in [0.2, 0.25) is 0 Å². The number of aryl methyl sites for hydroxylation is 1. The van der Waals surface area contributed by atoms with Crippen molar-refractivity contribution in [2.45, 2.75) is 6.92 Å². The van der Waals surface area contributed by atoms with Crippen molar-refractivity contribution in [1.29, 1.82) is 0 Å². The lowest BCUT2D eigenvalue weighted by atomic mass is 10.2. The van der Waals surface area contributed by atoms with E-state index >= 15 is 0 Å². The first-order chi connectivity index (χ1) is 8.25. The summed E-state index contributed by atoms with van der Waals surface area (Å²) < 4.78 is 1.97. The SMILES string of the molecule is Cc1cccc2nnc(-c3cccc(O)c3)n12. The molecule has 0 spiro atoms. The van der Waals surface area contributed by atoms with Crippen molar-refractivity contribution in [3.8, 4) is 17.1 Å². The highest BCUT2D eigenvalue weighted by Crippen LogP contribution is 2.23. The monoisotopic (exact) mass is 225 g/mol.